The Balaban J connectivity index is 1.54. The maximum absolute atomic E-state index is 12.0. The van der Waals surface area contributed by atoms with E-state index >= 15 is 0 Å². The maximum atomic E-state index is 12.0. The fraction of sp³-hybridized carbons (Fsp3) is 0.368. The second-order valence-corrected chi connectivity index (χ2v) is 6.69. The van der Waals surface area contributed by atoms with Crippen LogP contribution < -0.4 is 11.0 Å². The van der Waals surface area contributed by atoms with Crippen molar-refractivity contribution in [1.29, 1.82) is 0 Å². The lowest BCUT2D eigenvalue weighted by Gasteiger charge is -2.08. The predicted octanol–water partition coefficient (Wildman–Crippen LogP) is 3.18. The summed E-state index contributed by atoms with van der Waals surface area (Å²) in [7, 11) is 0. The smallest absolute Gasteiger partial charge is 0.330 e. The van der Waals surface area contributed by atoms with Gasteiger partial charge in [-0.3, -0.25) is 9.25 Å². The van der Waals surface area contributed by atoms with Gasteiger partial charge in [0.1, 0.15) is 0 Å². The molecule has 6 nitrogen and oxygen atoms in total. The number of nitrogens with zero attached hydrogens (tertiary/aromatic N) is 3. The molecule has 4 rings (SSSR count). The van der Waals surface area contributed by atoms with E-state index in [1.54, 1.807) is 4.57 Å². The van der Waals surface area contributed by atoms with Gasteiger partial charge in [0.15, 0.2) is 0 Å². The highest BCUT2D eigenvalue weighted by atomic mass is 16.1. The Hall–Kier alpha value is -2.76. The van der Waals surface area contributed by atoms with Crippen molar-refractivity contribution in [3.05, 3.63) is 64.1 Å². The molecule has 2 N–H and O–H groups in total. The zero-order valence-corrected chi connectivity index (χ0v) is 14.6. The molecule has 0 amide bonds. The molecule has 0 bridgehead atoms. The molecule has 1 saturated carbocycles. The zero-order valence-electron chi connectivity index (χ0n) is 14.6. The van der Waals surface area contributed by atoms with E-state index < -0.39 is 0 Å². The Bertz CT molecular complexity index is 945. The molecule has 0 unspecified atom stereocenters. The number of H-pyrrole nitrogens is 1. The standard InChI is InChI=1S/C19H23N5O/c1-3-23-12-15(18(22-23)14-7-8-14)10-20-16-5-4-6-17(9-16)24-11-13(2)21-19(24)25/h4-6,9,11-12,14,20H,3,7-8,10H2,1-2H3,(H,21,25). The summed E-state index contributed by atoms with van der Waals surface area (Å²) in [6, 6.07) is 7.92. The first kappa shape index (κ1) is 15.7. The average Bonchev–Trinajstić information content (AvgIpc) is 3.28. The third-order valence-corrected chi connectivity index (χ3v) is 4.61. The van der Waals surface area contributed by atoms with Gasteiger partial charge in [-0.05, 0) is 44.9 Å². The Morgan fingerprint density at radius 3 is 2.84 bits per heavy atom. The van der Waals surface area contributed by atoms with Gasteiger partial charge in [-0.1, -0.05) is 6.07 Å². The number of aromatic nitrogens is 4. The largest absolute Gasteiger partial charge is 0.381 e. The van der Waals surface area contributed by atoms with E-state index in [1.807, 2.05) is 42.1 Å². The van der Waals surface area contributed by atoms with E-state index in [2.05, 4.69) is 23.4 Å². The topological polar surface area (TPSA) is 67.6 Å². The summed E-state index contributed by atoms with van der Waals surface area (Å²) in [6.07, 6.45) is 6.46. The van der Waals surface area contributed by atoms with Crippen LogP contribution in [0.2, 0.25) is 0 Å². The van der Waals surface area contributed by atoms with Crippen molar-refractivity contribution in [3.8, 4) is 5.69 Å². The zero-order chi connectivity index (χ0) is 17.4. The lowest BCUT2D eigenvalue weighted by atomic mass is 10.2. The quantitative estimate of drug-likeness (QED) is 0.726. The van der Waals surface area contributed by atoms with Gasteiger partial charge in [-0.15, -0.1) is 0 Å². The predicted molar refractivity (Wildman–Crippen MR) is 98.3 cm³/mol. The molecule has 1 aliphatic carbocycles. The Kier molecular flexibility index (Phi) is 3.95. The van der Waals surface area contributed by atoms with Crippen LogP contribution in [-0.2, 0) is 13.1 Å². The van der Waals surface area contributed by atoms with Crippen LogP contribution in [0.3, 0.4) is 0 Å². The number of imidazole rings is 1. The molecule has 25 heavy (non-hydrogen) atoms. The number of nitrogens with one attached hydrogen (secondary N) is 2. The van der Waals surface area contributed by atoms with Crippen LogP contribution in [0.15, 0.2) is 41.5 Å². The van der Waals surface area contributed by atoms with Crippen molar-refractivity contribution in [3.63, 3.8) is 0 Å². The van der Waals surface area contributed by atoms with E-state index in [4.69, 9.17) is 5.10 Å². The van der Waals surface area contributed by atoms with E-state index in [-0.39, 0.29) is 5.69 Å². The van der Waals surface area contributed by atoms with Crippen LogP contribution in [0.25, 0.3) is 5.69 Å². The van der Waals surface area contributed by atoms with Gasteiger partial charge in [0.25, 0.3) is 0 Å². The van der Waals surface area contributed by atoms with Gasteiger partial charge >= 0.3 is 5.69 Å². The minimum Gasteiger partial charge on any atom is -0.381 e. The second kappa shape index (κ2) is 6.27. The van der Waals surface area contributed by atoms with Gasteiger partial charge in [-0.2, -0.15) is 5.10 Å². The number of aryl methyl sites for hydroxylation is 2. The van der Waals surface area contributed by atoms with Crippen molar-refractivity contribution >= 4 is 5.69 Å². The normalized spacial score (nSPS) is 14.0. The van der Waals surface area contributed by atoms with E-state index in [1.165, 1.54) is 24.1 Å². The minimum atomic E-state index is -0.116. The van der Waals surface area contributed by atoms with E-state index in [0.29, 0.717) is 5.92 Å². The first-order valence-electron chi connectivity index (χ1n) is 8.83. The SMILES string of the molecule is CCn1cc(CNc2cccc(-n3cc(C)[nH]c3=O)c2)c(C2CC2)n1. The third-order valence-electron chi connectivity index (χ3n) is 4.61. The molecule has 1 aromatic carbocycles. The summed E-state index contributed by atoms with van der Waals surface area (Å²) in [5, 5.41) is 8.19. The van der Waals surface area contributed by atoms with Crippen molar-refractivity contribution in [2.45, 2.75) is 45.7 Å². The van der Waals surface area contributed by atoms with E-state index in [9.17, 15) is 4.79 Å². The van der Waals surface area contributed by atoms with Gasteiger partial charge in [-0.25, -0.2) is 4.79 Å². The van der Waals surface area contributed by atoms with Crippen molar-refractivity contribution in [1.82, 2.24) is 19.3 Å². The third kappa shape index (κ3) is 3.24. The Labute approximate surface area is 146 Å². The summed E-state index contributed by atoms with van der Waals surface area (Å²) in [6.45, 7) is 5.63. The molecule has 1 aliphatic rings. The van der Waals surface area contributed by atoms with Crippen molar-refractivity contribution in [2.24, 2.45) is 0 Å². The van der Waals surface area contributed by atoms with Gasteiger partial charge in [0, 0.05) is 48.3 Å². The monoisotopic (exact) mass is 337 g/mol. The number of rotatable bonds is 6. The Morgan fingerprint density at radius 2 is 2.16 bits per heavy atom. The molecule has 6 heteroatoms. The molecule has 0 spiro atoms. The molecule has 130 valence electrons. The number of aromatic amines is 1. The lowest BCUT2D eigenvalue weighted by molar-refractivity contribution is 0.647. The maximum Gasteiger partial charge on any atom is 0.330 e. The highest BCUT2D eigenvalue weighted by Gasteiger charge is 2.28. The lowest BCUT2D eigenvalue weighted by Crippen LogP contribution is -2.14. The Morgan fingerprint density at radius 1 is 1.32 bits per heavy atom. The number of anilines is 1. The fourth-order valence-corrected chi connectivity index (χ4v) is 3.14. The number of hydrogen-bond acceptors (Lipinski definition) is 3. The van der Waals surface area contributed by atoms with Gasteiger partial charge in [0.2, 0.25) is 0 Å². The summed E-state index contributed by atoms with van der Waals surface area (Å²) < 4.78 is 3.65. The fourth-order valence-electron chi connectivity index (χ4n) is 3.14. The minimum absolute atomic E-state index is 0.116. The molecule has 3 aromatic rings. The average molecular weight is 337 g/mol. The first-order chi connectivity index (χ1) is 12.1. The molecule has 0 aliphatic heterocycles. The highest BCUT2D eigenvalue weighted by molar-refractivity contribution is 5.51. The van der Waals surface area contributed by atoms with E-state index in [0.717, 1.165) is 30.2 Å². The molecular formula is C19H23N5O. The molecule has 0 saturated heterocycles. The summed E-state index contributed by atoms with van der Waals surface area (Å²) >= 11 is 0. The van der Waals surface area contributed by atoms with Crippen LogP contribution in [0.4, 0.5) is 5.69 Å². The summed E-state index contributed by atoms with van der Waals surface area (Å²) in [5.74, 6) is 0.636. The van der Waals surface area contributed by atoms with Gasteiger partial charge < -0.3 is 10.3 Å². The van der Waals surface area contributed by atoms with Crippen LogP contribution in [0.1, 0.15) is 42.6 Å². The van der Waals surface area contributed by atoms with Crippen LogP contribution in [0, 0.1) is 6.92 Å². The highest BCUT2D eigenvalue weighted by Crippen LogP contribution is 2.40. The molecule has 0 atom stereocenters. The number of hydrogen-bond donors (Lipinski definition) is 2. The van der Waals surface area contributed by atoms with Crippen LogP contribution in [-0.4, -0.2) is 19.3 Å². The molecule has 2 aromatic heterocycles. The molecule has 1 fully saturated rings. The first-order valence-corrected chi connectivity index (χ1v) is 8.83. The van der Waals surface area contributed by atoms with Gasteiger partial charge in [0.05, 0.1) is 11.4 Å². The number of benzene rings is 1. The van der Waals surface area contributed by atoms with Crippen molar-refractivity contribution in [2.75, 3.05) is 5.32 Å². The summed E-state index contributed by atoms with van der Waals surface area (Å²) in [5.41, 5.74) is 5.09. The second-order valence-electron chi connectivity index (χ2n) is 6.69. The van der Waals surface area contributed by atoms with Crippen LogP contribution in [0.5, 0.6) is 0 Å². The molecule has 2 heterocycles. The molecule has 0 radical (unpaired) electrons. The molecular weight excluding hydrogens is 314 g/mol. The van der Waals surface area contributed by atoms with Crippen LogP contribution >= 0.6 is 0 Å². The summed E-state index contributed by atoms with van der Waals surface area (Å²) in [4.78, 5) is 14.8. The van der Waals surface area contributed by atoms with Crippen molar-refractivity contribution < 1.29 is 0 Å².